The first kappa shape index (κ1) is 15.3. The Labute approximate surface area is 124 Å². The summed E-state index contributed by atoms with van der Waals surface area (Å²) in [6.45, 7) is 8.60. The zero-order chi connectivity index (χ0) is 15.5. The van der Waals surface area contributed by atoms with E-state index in [0.717, 1.165) is 29.0 Å². The summed E-state index contributed by atoms with van der Waals surface area (Å²) in [6, 6.07) is 5.67. The highest BCUT2D eigenvalue weighted by Crippen LogP contribution is 2.24. The third kappa shape index (κ3) is 4.45. The number of hydrogen-bond acceptors (Lipinski definition) is 4. The second kappa shape index (κ2) is 6.12. The summed E-state index contributed by atoms with van der Waals surface area (Å²) >= 11 is 0. The van der Waals surface area contributed by atoms with Crippen molar-refractivity contribution in [1.29, 1.82) is 0 Å². The van der Waals surface area contributed by atoms with Crippen LogP contribution in [0.4, 0.5) is 0 Å². The highest BCUT2D eigenvalue weighted by molar-refractivity contribution is 5.88. The van der Waals surface area contributed by atoms with Gasteiger partial charge in [-0.1, -0.05) is 26.8 Å². The highest BCUT2D eigenvalue weighted by atomic mass is 16.5. The van der Waals surface area contributed by atoms with Crippen molar-refractivity contribution in [2.75, 3.05) is 6.61 Å². The molecular weight excluding hydrogens is 266 g/mol. The molecule has 0 bridgehead atoms. The lowest BCUT2D eigenvalue weighted by Gasteiger charge is -2.14. The molecule has 4 heteroatoms. The maximum atomic E-state index is 11.3. The first-order valence-electron chi connectivity index (χ1n) is 7.12. The third-order valence-electron chi connectivity index (χ3n) is 2.84. The SMILES string of the molecule is CCOC(=O)/C=C/c1ccc2oc(CC(C)(C)C)nc2c1. The van der Waals surface area contributed by atoms with Gasteiger partial charge in [-0.2, -0.15) is 0 Å². The Morgan fingerprint density at radius 1 is 1.38 bits per heavy atom. The van der Waals surface area contributed by atoms with Gasteiger partial charge < -0.3 is 9.15 Å². The van der Waals surface area contributed by atoms with Crippen molar-refractivity contribution < 1.29 is 13.9 Å². The van der Waals surface area contributed by atoms with E-state index < -0.39 is 0 Å². The van der Waals surface area contributed by atoms with Crippen LogP contribution in [0.5, 0.6) is 0 Å². The average Bonchev–Trinajstić information content (AvgIpc) is 2.75. The molecule has 1 heterocycles. The molecule has 112 valence electrons. The summed E-state index contributed by atoms with van der Waals surface area (Å²) in [6.07, 6.45) is 3.92. The predicted octanol–water partition coefficient (Wildman–Crippen LogP) is 3.99. The highest BCUT2D eigenvalue weighted by Gasteiger charge is 2.16. The van der Waals surface area contributed by atoms with Crippen molar-refractivity contribution in [2.45, 2.75) is 34.1 Å². The zero-order valence-corrected chi connectivity index (χ0v) is 13.0. The van der Waals surface area contributed by atoms with Gasteiger partial charge in [0.15, 0.2) is 11.5 Å². The Balaban J connectivity index is 2.20. The lowest BCUT2D eigenvalue weighted by Crippen LogP contribution is -2.09. The summed E-state index contributed by atoms with van der Waals surface area (Å²) < 4.78 is 10.6. The van der Waals surface area contributed by atoms with E-state index in [0.29, 0.717) is 6.61 Å². The monoisotopic (exact) mass is 287 g/mol. The van der Waals surface area contributed by atoms with Gasteiger partial charge >= 0.3 is 5.97 Å². The molecule has 0 atom stereocenters. The molecule has 0 fully saturated rings. The molecule has 0 aliphatic rings. The number of rotatable bonds is 4. The molecule has 1 aromatic carbocycles. The quantitative estimate of drug-likeness (QED) is 0.630. The minimum atomic E-state index is -0.342. The normalized spacial score (nSPS) is 12.2. The Hall–Kier alpha value is -2.10. The van der Waals surface area contributed by atoms with E-state index in [1.165, 1.54) is 6.08 Å². The smallest absolute Gasteiger partial charge is 0.330 e. The third-order valence-corrected chi connectivity index (χ3v) is 2.84. The number of esters is 1. The Kier molecular flexibility index (Phi) is 4.46. The summed E-state index contributed by atoms with van der Waals surface area (Å²) in [5.41, 5.74) is 2.60. The van der Waals surface area contributed by atoms with Gasteiger partial charge in [0.2, 0.25) is 0 Å². The van der Waals surface area contributed by atoms with E-state index in [9.17, 15) is 4.79 Å². The van der Waals surface area contributed by atoms with Crippen LogP contribution in [0.2, 0.25) is 0 Å². The number of benzene rings is 1. The molecule has 0 N–H and O–H groups in total. The molecule has 21 heavy (non-hydrogen) atoms. The van der Waals surface area contributed by atoms with Crippen molar-refractivity contribution >= 4 is 23.1 Å². The van der Waals surface area contributed by atoms with Crippen LogP contribution >= 0.6 is 0 Å². The molecule has 1 aromatic heterocycles. The summed E-state index contributed by atoms with van der Waals surface area (Å²) in [5, 5.41) is 0. The van der Waals surface area contributed by atoms with Gasteiger partial charge in [0.1, 0.15) is 5.52 Å². The fraction of sp³-hybridized carbons (Fsp3) is 0.412. The van der Waals surface area contributed by atoms with E-state index in [1.807, 2.05) is 18.2 Å². The van der Waals surface area contributed by atoms with Crippen molar-refractivity contribution in [2.24, 2.45) is 5.41 Å². The average molecular weight is 287 g/mol. The van der Waals surface area contributed by atoms with Crippen LogP contribution in [0.3, 0.4) is 0 Å². The van der Waals surface area contributed by atoms with Gasteiger partial charge in [0.05, 0.1) is 6.61 Å². The Morgan fingerprint density at radius 2 is 2.14 bits per heavy atom. The number of oxazole rings is 1. The lowest BCUT2D eigenvalue weighted by atomic mass is 9.92. The minimum Gasteiger partial charge on any atom is -0.463 e. The topological polar surface area (TPSA) is 52.3 Å². The number of hydrogen-bond donors (Lipinski definition) is 0. The molecule has 0 unspecified atom stereocenters. The van der Waals surface area contributed by atoms with Crippen LogP contribution in [-0.2, 0) is 16.0 Å². The minimum absolute atomic E-state index is 0.132. The maximum absolute atomic E-state index is 11.3. The number of aromatic nitrogens is 1. The van der Waals surface area contributed by atoms with Gasteiger partial charge in [-0.05, 0) is 36.1 Å². The van der Waals surface area contributed by atoms with E-state index in [2.05, 4.69) is 25.8 Å². The molecule has 0 aliphatic carbocycles. The van der Waals surface area contributed by atoms with Gasteiger partial charge in [-0.15, -0.1) is 0 Å². The van der Waals surface area contributed by atoms with Crippen LogP contribution in [0.25, 0.3) is 17.2 Å². The van der Waals surface area contributed by atoms with Crippen LogP contribution in [0.1, 0.15) is 39.1 Å². The summed E-state index contributed by atoms with van der Waals surface area (Å²) in [5.74, 6) is 0.398. The van der Waals surface area contributed by atoms with Gasteiger partial charge in [0, 0.05) is 12.5 Å². The maximum Gasteiger partial charge on any atom is 0.330 e. The van der Waals surface area contributed by atoms with E-state index >= 15 is 0 Å². The number of carbonyl (C=O) groups is 1. The van der Waals surface area contributed by atoms with Crippen LogP contribution in [-0.4, -0.2) is 17.6 Å². The molecule has 0 aliphatic heterocycles. The molecule has 0 saturated heterocycles. The lowest BCUT2D eigenvalue weighted by molar-refractivity contribution is -0.137. The fourth-order valence-corrected chi connectivity index (χ4v) is 1.98. The number of ether oxygens (including phenoxy) is 1. The van der Waals surface area contributed by atoms with Gasteiger partial charge in [-0.3, -0.25) is 0 Å². The molecule has 0 radical (unpaired) electrons. The van der Waals surface area contributed by atoms with Crippen molar-refractivity contribution in [1.82, 2.24) is 4.98 Å². The molecule has 2 aromatic rings. The predicted molar refractivity (Wildman–Crippen MR) is 82.8 cm³/mol. The van der Waals surface area contributed by atoms with Crippen molar-refractivity contribution in [3.8, 4) is 0 Å². The number of nitrogens with zero attached hydrogens (tertiary/aromatic N) is 1. The number of fused-ring (bicyclic) bond motifs is 1. The fourth-order valence-electron chi connectivity index (χ4n) is 1.98. The molecule has 4 nitrogen and oxygen atoms in total. The van der Waals surface area contributed by atoms with Gasteiger partial charge in [0.25, 0.3) is 0 Å². The van der Waals surface area contributed by atoms with Crippen molar-refractivity contribution in [3.05, 3.63) is 35.7 Å². The molecular formula is C17H21NO3. The Morgan fingerprint density at radius 3 is 2.81 bits per heavy atom. The van der Waals surface area contributed by atoms with Crippen LogP contribution < -0.4 is 0 Å². The molecule has 0 amide bonds. The first-order valence-corrected chi connectivity index (χ1v) is 7.12. The molecule has 0 spiro atoms. The molecule has 2 rings (SSSR count). The van der Waals surface area contributed by atoms with E-state index in [-0.39, 0.29) is 11.4 Å². The van der Waals surface area contributed by atoms with Crippen LogP contribution in [0, 0.1) is 5.41 Å². The molecule has 0 saturated carbocycles. The first-order chi connectivity index (χ1) is 9.87. The second-order valence-electron chi connectivity index (χ2n) is 6.16. The Bertz CT molecular complexity index is 662. The zero-order valence-electron chi connectivity index (χ0n) is 13.0. The summed E-state index contributed by atoms with van der Waals surface area (Å²) in [7, 11) is 0. The van der Waals surface area contributed by atoms with Crippen LogP contribution in [0.15, 0.2) is 28.7 Å². The van der Waals surface area contributed by atoms with Gasteiger partial charge in [-0.25, -0.2) is 9.78 Å². The van der Waals surface area contributed by atoms with Crippen molar-refractivity contribution in [3.63, 3.8) is 0 Å². The second-order valence-corrected chi connectivity index (χ2v) is 6.16. The standard InChI is InChI=1S/C17H21NO3/c1-5-20-16(19)9-7-12-6-8-14-13(10-12)18-15(21-14)11-17(2,3)4/h6-10H,5,11H2,1-4H3/b9-7+. The van der Waals surface area contributed by atoms with E-state index in [1.54, 1.807) is 13.0 Å². The summed E-state index contributed by atoms with van der Waals surface area (Å²) in [4.78, 5) is 15.8. The largest absolute Gasteiger partial charge is 0.463 e. The number of carbonyl (C=O) groups excluding carboxylic acids is 1. The van der Waals surface area contributed by atoms with E-state index in [4.69, 9.17) is 9.15 Å².